The van der Waals surface area contributed by atoms with E-state index in [1.165, 1.54) is 161 Å². The number of hydrogen-bond donors (Lipinski definition) is 0. The number of carbonyl (C=O) groups is 3. The molecule has 0 saturated heterocycles. The zero-order chi connectivity index (χ0) is 58.5. The van der Waals surface area contributed by atoms with Crippen LogP contribution in [0.3, 0.4) is 0 Å². The number of unbranched alkanes of at least 4 members (excludes halogenated alkanes) is 30. The van der Waals surface area contributed by atoms with Gasteiger partial charge in [0.2, 0.25) is 0 Å². The third kappa shape index (κ3) is 66.5. The van der Waals surface area contributed by atoms with E-state index in [9.17, 15) is 14.4 Å². The molecule has 0 fully saturated rings. The Balaban J connectivity index is 4.11. The molecule has 0 aromatic rings. The molecule has 0 aromatic heterocycles. The molecule has 1 atom stereocenters. The first kappa shape index (κ1) is 76.8. The summed E-state index contributed by atoms with van der Waals surface area (Å²) in [5.74, 6) is -0.888. The molecule has 462 valence electrons. The summed E-state index contributed by atoms with van der Waals surface area (Å²) in [6, 6.07) is 0. The van der Waals surface area contributed by atoms with E-state index in [2.05, 4.69) is 142 Å². The van der Waals surface area contributed by atoms with Crippen molar-refractivity contribution in [1.29, 1.82) is 0 Å². The van der Waals surface area contributed by atoms with Crippen molar-refractivity contribution < 1.29 is 28.6 Å². The zero-order valence-corrected chi connectivity index (χ0v) is 53.0. The van der Waals surface area contributed by atoms with E-state index in [-0.39, 0.29) is 31.1 Å². The lowest BCUT2D eigenvalue weighted by molar-refractivity contribution is -0.167. The molecule has 1 unspecified atom stereocenters. The number of allylic oxidation sites excluding steroid dienone is 20. The maximum atomic E-state index is 12.9. The SMILES string of the molecule is CC/C=C\C/C=C\C/C=C\C/C=C\C/C=C\C/C=C\C/C=C\C/C=C\CCCCCCCCCCCCC(=O)OCC(COC(=O)CCCCCCCCC)OC(=O)CCCCCCCCCCC/C=C\C/C=C\CCCCCCC. The van der Waals surface area contributed by atoms with Gasteiger partial charge in [0.15, 0.2) is 6.10 Å². The largest absolute Gasteiger partial charge is 0.462 e. The fraction of sp³-hybridized carbons (Fsp3) is 0.693. The van der Waals surface area contributed by atoms with Crippen LogP contribution in [0.1, 0.15) is 316 Å². The highest BCUT2D eigenvalue weighted by molar-refractivity contribution is 5.71. The lowest BCUT2D eigenvalue weighted by Gasteiger charge is -2.18. The van der Waals surface area contributed by atoms with E-state index >= 15 is 0 Å². The molecule has 81 heavy (non-hydrogen) atoms. The van der Waals surface area contributed by atoms with E-state index in [1.807, 2.05) is 0 Å². The van der Waals surface area contributed by atoms with Crippen LogP contribution < -0.4 is 0 Å². The second kappa shape index (κ2) is 68.3. The predicted octanol–water partition coefficient (Wildman–Crippen LogP) is 23.6. The van der Waals surface area contributed by atoms with E-state index in [0.717, 1.165) is 116 Å². The minimum atomic E-state index is -0.781. The van der Waals surface area contributed by atoms with E-state index < -0.39 is 6.10 Å². The summed E-state index contributed by atoms with van der Waals surface area (Å²) >= 11 is 0. The van der Waals surface area contributed by atoms with Gasteiger partial charge in [-0.15, -0.1) is 0 Å². The van der Waals surface area contributed by atoms with Gasteiger partial charge in [-0.05, 0) is 116 Å². The summed E-state index contributed by atoms with van der Waals surface area (Å²) in [7, 11) is 0. The first-order chi connectivity index (χ1) is 40.0. The Bertz CT molecular complexity index is 1670. The minimum Gasteiger partial charge on any atom is -0.462 e. The zero-order valence-electron chi connectivity index (χ0n) is 53.0. The Labute approximate surface area is 501 Å². The molecular weight excluding hydrogens is 997 g/mol. The number of carbonyl (C=O) groups excluding carboxylic acids is 3. The predicted molar refractivity (Wildman–Crippen MR) is 353 cm³/mol. The van der Waals surface area contributed by atoms with Gasteiger partial charge < -0.3 is 14.2 Å². The molecular formula is C75H126O6. The van der Waals surface area contributed by atoms with Crippen molar-refractivity contribution >= 4 is 17.9 Å². The van der Waals surface area contributed by atoms with Gasteiger partial charge in [0, 0.05) is 19.3 Å². The van der Waals surface area contributed by atoms with Crippen molar-refractivity contribution in [3.8, 4) is 0 Å². The van der Waals surface area contributed by atoms with Gasteiger partial charge in [-0.2, -0.15) is 0 Å². The van der Waals surface area contributed by atoms with Crippen LogP contribution in [0.4, 0.5) is 0 Å². The molecule has 0 radical (unpaired) electrons. The number of esters is 3. The van der Waals surface area contributed by atoms with Crippen LogP contribution in [0.25, 0.3) is 0 Å². The molecule has 0 aromatic carbocycles. The van der Waals surface area contributed by atoms with Crippen molar-refractivity contribution in [2.45, 2.75) is 322 Å². The van der Waals surface area contributed by atoms with Gasteiger partial charge >= 0.3 is 17.9 Å². The Morgan fingerprint density at radius 1 is 0.259 bits per heavy atom. The second-order valence-electron chi connectivity index (χ2n) is 22.4. The summed E-state index contributed by atoms with van der Waals surface area (Å²) in [4.78, 5) is 38.1. The quantitative estimate of drug-likeness (QED) is 0.0261. The third-order valence-corrected chi connectivity index (χ3v) is 14.5. The summed E-state index contributed by atoms with van der Waals surface area (Å²) in [5, 5.41) is 0. The Kier molecular flexibility index (Phi) is 64.8. The standard InChI is InChI=1S/C75H126O6/c1-4-7-10-13-16-18-20-22-24-26-28-30-31-32-33-34-35-36-37-38-39-40-41-42-43-45-46-48-50-52-54-56-59-62-65-68-74(77)80-71-72(70-79-73(76)67-64-61-58-15-12-9-6-3)81-75(78)69-66-63-60-57-55-53-51-49-47-44-29-27-25-23-21-19-17-14-11-8-5-2/h7,10,16,18,21-24,27-30,32-33,35-36,38-39,41-42,72H,4-6,8-9,11-15,17,19-20,25-26,31,34,37,40,43-71H2,1-3H3/b10-7-,18-16-,23-21-,24-22-,29-27-,30-28-,33-32-,36-35-,39-38-,42-41-. The number of ether oxygens (including phenoxy) is 3. The van der Waals surface area contributed by atoms with Gasteiger partial charge in [-0.25, -0.2) is 0 Å². The topological polar surface area (TPSA) is 78.9 Å². The van der Waals surface area contributed by atoms with Gasteiger partial charge in [-0.1, -0.05) is 303 Å². The van der Waals surface area contributed by atoms with Gasteiger partial charge in [0.25, 0.3) is 0 Å². The fourth-order valence-electron chi connectivity index (χ4n) is 9.37. The van der Waals surface area contributed by atoms with Crippen LogP contribution in [0.2, 0.25) is 0 Å². The van der Waals surface area contributed by atoms with Crippen LogP contribution in [-0.4, -0.2) is 37.2 Å². The molecule has 0 bridgehead atoms. The Morgan fingerprint density at radius 3 is 0.753 bits per heavy atom. The monoisotopic (exact) mass is 1120 g/mol. The molecule has 6 nitrogen and oxygen atoms in total. The highest BCUT2D eigenvalue weighted by Gasteiger charge is 2.19. The molecule has 6 heteroatoms. The summed E-state index contributed by atoms with van der Waals surface area (Å²) < 4.78 is 16.9. The third-order valence-electron chi connectivity index (χ3n) is 14.5. The molecule has 0 aliphatic carbocycles. The summed E-state index contributed by atoms with van der Waals surface area (Å²) in [5.41, 5.74) is 0. The van der Waals surface area contributed by atoms with Crippen LogP contribution in [0.15, 0.2) is 122 Å². The maximum absolute atomic E-state index is 12.9. The van der Waals surface area contributed by atoms with Gasteiger partial charge in [0.1, 0.15) is 13.2 Å². The smallest absolute Gasteiger partial charge is 0.306 e. The highest BCUT2D eigenvalue weighted by Crippen LogP contribution is 2.16. The maximum Gasteiger partial charge on any atom is 0.306 e. The van der Waals surface area contributed by atoms with Crippen molar-refractivity contribution in [2.75, 3.05) is 13.2 Å². The number of hydrogen-bond acceptors (Lipinski definition) is 6. The van der Waals surface area contributed by atoms with Gasteiger partial charge in [-0.3, -0.25) is 14.4 Å². The average molecular weight is 1120 g/mol. The average Bonchev–Trinajstić information content (AvgIpc) is 3.47. The molecule has 0 spiro atoms. The fourth-order valence-corrected chi connectivity index (χ4v) is 9.37. The van der Waals surface area contributed by atoms with Crippen LogP contribution >= 0.6 is 0 Å². The molecule has 0 heterocycles. The Hall–Kier alpha value is -4.19. The van der Waals surface area contributed by atoms with E-state index in [1.54, 1.807) is 0 Å². The summed E-state index contributed by atoms with van der Waals surface area (Å²) in [6.07, 6.45) is 95.3. The van der Waals surface area contributed by atoms with Crippen molar-refractivity contribution in [2.24, 2.45) is 0 Å². The molecule has 0 saturated carbocycles. The first-order valence-corrected chi connectivity index (χ1v) is 34.0. The van der Waals surface area contributed by atoms with Crippen molar-refractivity contribution in [3.05, 3.63) is 122 Å². The molecule has 0 aliphatic heterocycles. The Morgan fingerprint density at radius 2 is 0.481 bits per heavy atom. The molecule has 0 N–H and O–H groups in total. The summed E-state index contributed by atoms with van der Waals surface area (Å²) in [6.45, 7) is 6.48. The van der Waals surface area contributed by atoms with E-state index in [4.69, 9.17) is 14.2 Å². The highest BCUT2D eigenvalue weighted by atomic mass is 16.6. The van der Waals surface area contributed by atoms with Crippen molar-refractivity contribution in [3.63, 3.8) is 0 Å². The van der Waals surface area contributed by atoms with Gasteiger partial charge in [0.05, 0.1) is 0 Å². The van der Waals surface area contributed by atoms with Crippen LogP contribution in [0, 0.1) is 0 Å². The van der Waals surface area contributed by atoms with E-state index in [0.29, 0.717) is 19.3 Å². The molecule has 0 aliphatic rings. The lowest BCUT2D eigenvalue weighted by Crippen LogP contribution is -2.30. The lowest BCUT2D eigenvalue weighted by atomic mass is 10.1. The van der Waals surface area contributed by atoms with Crippen LogP contribution in [-0.2, 0) is 28.6 Å². The minimum absolute atomic E-state index is 0.0799. The number of rotatable bonds is 61. The van der Waals surface area contributed by atoms with Crippen molar-refractivity contribution in [1.82, 2.24) is 0 Å². The second-order valence-corrected chi connectivity index (χ2v) is 22.4. The normalized spacial score (nSPS) is 12.9. The molecule has 0 amide bonds. The van der Waals surface area contributed by atoms with Crippen LogP contribution in [0.5, 0.6) is 0 Å². The first-order valence-electron chi connectivity index (χ1n) is 34.0. The molecule has 0 rings (SSSR count).